The van der Waals surface area contributed by atoms with Crippen molar-refractivity contribution < 1.29 is 9.53 Å². The highest BCUT2D eigenvalue weighted by atomic mass is 32.2. The number of carbonyl (C=O) groups is 1. The summed E-state index contributed by atoms with van der Waals surface area (Å²) in [5, 5.41) is 0. The summed E-state index contributed by atoms with van der Waals surface area (Å²) in [6, 6.07) is 20.5. The first-order valence-corrected chi connectivity index (χ1v) is 8.31. The van der Waals surface area contributed by atoms with Crippen molar-refractivity contribution in [2.75, 3.05) is 12.9 Å². The van der Waals surface area contributed by atoms with Crippen molar-refractivity contribution in [1.82, 2.24) is 0 Å². The number of allylic oxidation sites excluding steroid dienone is 1. The molecular formula is C19H18O2S. The van der Waals surface area contributed by atoms with Crippen molar-refractivity contribution in [3.05, 3.63) is 77.9 Å². The number of esters is 1. The van der Waals surface area contributed by atoms with Crippen LogP contribution in [-0.4, -0.2) is 18.8 Å². The first-order valence-electron chi connectivity index (χ1n) is 7.32. The summed E-state index contributed by atoms with van der Waals surface area (Å²) in [7, 11) is 1.46. The molecule has 1 aliphatic rings. The lowest BCUT2D eigenvalue weighted by atomic mass is 9.86. The molecule has 3 rings (SSSR count). The zero-order valence-corrected chi connectivity index (χ0v) is 13.3. The third-order valence-electron chi connectivity index (χ3n) is 3.93. The van der Waals surface area contributed by atoms with Gasteiger partial charge in [-0.2, -0.15) is 0 Å². The van der Waals surface area contributed by atoms with Crippen molar-refractivity contribution in [3.63, 3.8) is 0 Å². The Morgan fingerprint density at radius 3 is 2.32 bits per heavy atom. The molecule has 1 heterocycles. The van der Waals surface area contributed by atoms with Gasteiger partial charge in [-0.1, -0.05) is 66.7 Å². The Balaban J connectivity index is 1.99. The van der Waals surface area contributed by atoms with Gasteiger partial charge in [0.25, 0.3) is 0 Å². The van der Waals surface area contributed by atoms with E-state index in [4.69, 9.17) is 4.74 Å². The van der Waals surface area contributed by atoms with E-state index in [-0.39, 0.29) is 17.8 Å². The van der Waals surface area contributed by atoms with Crippen LogP contribution in [0.2, 0.25) is 0 Å². The van der Waals surface area contributed by atoms with Gasteiger partial charge in [0, 0.05) is 16.6 Å². The molecule has 0 saturated carbocycles. The topological polar surface area (TPSA) is 26.3 Å². The summed E-state index contributed by atoms with van der Waals surface area (Å²) in [5.41, 5.74) is 2.36. The van der Waals surface area contributed by atoms with Crippen molar-refractivity contribution in [3.8, 4) is 0 Å². The lowest BCUT2D eigenvalue weighted by Gasteiger charge is -2.28. The summed E-state index contributed by atoms with van der Waals surface area (Å²) in [4.78, 5) is 13.4. The molecule has 0 amide bonds. The summed E-state index contributed by atoms with van der Waals surface area (Å²) < 4.78 is 5.00. The smallest absolute Gasteiger partial charge is 0.310 e. The number of ether oxygens (including phenoxy) is 1. The van der Waals surface area contributed by atoms with Crippen LogP contribution in [0.1, 0.15) is 17.0 Å². The van der Waals surface area contributed by atoms with Crippen molar-refractivity contribution in [2.45, 2.75) is 5.92 Å². The molecule has 0 fully saturated rings. The number of rotatable bonds is 3. The first kappa shape index (κ1) is 14.9. The number of benzene rings is 2. The maximum Gasteiger partial charge on any atom is 0.310 e. The quantitative estimate of drug-likeness (QED) is 0.789. The third kappa shape index (κ3) is 3.09. The third-order valence-corrected chi connectivity index (χ3v) is 5.14. The number of methoxy groups -OCH3 is 1. The van der Waals surface area contributed by atoms with E-state index in [1.807, 2.05) is 36.4 Å². The molecule has 0 aromatic heterocycles. The molecule has 3 heteroatoms. The Morgan fingerprint density at radius 2 is 1.68 bits per heavy atom. The molecule has 2 nitrogen and oxygen atoms in total. The van der Waals surface area contributed by atoms with E-state index < -0.39 is 0 Å². The van der Waals surface area contributed by atoms with Crippen molar-refractivity contribution >= 4 is 22.6 Å². The molecule has 1 aliphatic heterocycles. The van der Waals surface area contributed by atoms with Gasteiger partial charge in [-0.15, -0.1) is 11.8 Å². The maximum absolute atomic E-state index is 12.1. The standard InChI is InChI=1S/C19H18O2S/c1-21-19(20)17-13-22-18(15-10-6-3-7-11-15)12-16(17)14-8-4-2-5-9-14/h2-12,16-17H,13H2,1H3. The fraction of sp³-hybridized carbons (Fsp3) is 0.211. The minimum atomic E-state index is -0.135. The van der Waals surface area contributed by atoms with Crippen LogP contribution in [-0.2, 0) is 9.53 Å². The predicted octanol–water partition coefficient (Wildman–Crippen LogP) is 4.35. The molecule has 112 valence electrons. The second kappa shape index (κ2) is 6.84. The number of carbonyl (C=O) groups excluding carboxylic acids is 1. The lowest BCUT2D eigenvalue weighted by Crippen LogP contribution is -2.27. The van der Waals surface area contributed by atoms with E-state index in [0.717, 1.165) is 11.3 Å². The molecule has 0 spiro atoms. The minimum absolute atomic E-state index is 0.0603. The van der Waals surface area contributed by atoms with E-state index in [1.165, 1.54) is 17.6 Å². The fourth-order valence-corrected chi connectivity index (χ4v) is 4.01. The van der Waals surface area contributed by atoms with Gasteiger partial charge in [0.2, 0.25) is 0 Å². The summed E-state index contributed by atoms with van der Waals surface area (Å²) in [5.74, 6) is 0.534. The van der Waals surface area contributed by atoms with Gasteiger partial charge in [-0.05, 0) is 11.1 Å². The minimum Gasteiger partial charge on any atom is -0.469 e. The van der Waals surface area contributed by atoms with Crippen LogP contribution >= 0.6 is 11.8 Å². The molecule has 0 saturated heterocycles. The molecule has 2 aromatic rings. The maximum atomic E-state index is 12.1. The number of thioether (sulfide) groups is 1. The van der Waals surface area contributed by atoms with Gasteiger partial charge in [-0.3, -0.25) is 4.79 Å². The SMILES string of the molecule is COC(=O)C1CSC(c2ccccc2)=CC1c1ccccc1. The monoisotopic (exact) mass is 310 g/mol. The van der Waals surface area contributed by atoms with E-state index in [2.05, 4.69) is 30.3 Å². The lowest BCUT2D eigenvalue weighted by molar-refractivity contribution is -0.145. The number of hydrogen-bond acceptors (Lipinski definition) is 3. The van der Waals surface area contributed by atoms with Crippen LogP contribution in [0.25, 0.3) is 4.91 Å². The molecule has 0 N–H and O–H groups in total. The Bertz CT molecular complexity index is 664. The second-order valence-corrected chi connectivity index (χ2v) is 6.34. The highest BCUT2D eigenvalue weighted by Crippen LogP contribution is 2.42. The van der Waals surface area contributed by atoms with Crippen LogP contribution in [0.4, 0.5) is 0 Å². The fourth-order valence-electron chi connectivity index (χ4n) is 2.76. The van der Waals surface area contributed by atoms with Crippen LogP contribution < -0.4 is 0 Å². The predicted molar refractivity (Wildman–Crippen MR) is 91.6 cm³/mol. The average molecular weight is 310 g/mol. The Kier molecular flexibility index (Phi) is 4.64. The molecule has 0 bridgehead atoms. The van der Waals surface area contributed by atoms with E-state index >= 15 is 0 Å². The zero-order valence-electron chi connectivity index (χ0n) is 12.4. The summed E-state index contributed by atoms with van der Waals surface area (Å²) >= 11 is 1.73. The molecule has 2 aromatic carbocycles. The van der Waals surface area contributed by atoms with Crippen molar-refractivity contribution in [2.24, 2.45) is 5.92 Å². The van der Waals surface area contributed by atoms with Gasteiger partial charge >= 0.3 is 5.97 Å². The molecule has 0 aliphatic carbocycles. The van der Waals surface area contributed by atoms with Gasteiger partial charge in [0.15, 0.2) is 0 Å². The normalized spacial score (nSPS) is 21.0. The van der Waals surface area contributed by atoms with E-state index in [9.17, 15) is 4.79 Å². The largest absolute Gasteiger partial charge is 0.469 e. The molecule has 2 unspecified atom stereocenters. The Hall–Kier alpha value is -2.00. The summed E-state index contributed by atoms with van der Waals surface area (Å²) in [6.07, 6.45) is 2.21. The molecule has 22 heavy (non-hydrogen) atoms. The van der Waals surface area contributed by atoms with Crippen LogP contribution in [0, 0.1) is 5.92 Å². The highest BCUT2D eigenvalue weighted by Gasteiger charge is 2.33. The zero-order chi connectivity index (χ0) is 15.4. The second-order valence-electron chi connectivity index (χ2n) is 5.27. The summed E-state index contributed by atoms with van der Waals surface area (Å²) in [6.45, 7) is 0. The highest BCUT2D eigenvalue weighted by molar-refractivity contribution is 8.08. The van der Waals surface area contributed by atoms with E-state index in [0.29, 0.717) is 0 Å². The molecule has 0 radical (unpaired) electrons. The van der Waals surface area contributed by atoms with E-state index in [1.54, 1.807) is 11.8 Å². The van der Waals surface area contributed by atoms with Crippen LogP contribution in [0.3, 0.4) is 0 Å². The van der Waals surface area contributed by atoms with Gasteiger partial charge in [0.1, 0.15) is 0 Å². The Labute approximate surface area is 135 Å². The van der Waals surface area contributed by atoms with Crippen molar-refractivity contribution in [1.29, 1.82) is 0 Å². The molecule has 2 atom stereocenters. The average Bonchev–Trinajstić information content (AvgIpc) is 2.62. The van der Waals surface area contributed by atoms with Gasteiger partial charge < -0.3 is 4.74 Å². The Morgan fingerprint density at radius 1 is 1.05 bits per heavy atom. The van der Waals surface area contributed by atoms with Gasteiger partial charge in [0.05, 0.1) is 13.0 Å². The van der Waals surface area contributed by atoms with Gasteiger partial charge in [-0.25, -0.2) is 0 Å². The van der Waals surface area contributed by atoms with Crippen LogP contribution in [0.15, 0.2) is 66.7 Å². The van der Waals surface area contributed by atoms with Crippen LogP contribution in [0.5, 0.6) is 0 Å². The number of hydrogen-bond donors (Lipinski definition) is 0. The first-order chi connectivity index (χ1) is 10.8. The molecular weight excluding hydrogens is 292 g/mol.